The molecule has 0 heterocycles. The van der Waals surface area contributed by atoms with Crippen molar-refractivity contribution >= 4 is 5.71 Å². The van der Waals surface area contributed by atoms with Crippen LogP contribution in [0, 0.1) is 0 Å². The highest BCUT2D eigenvalue weighted by atomic mass is 16.6. The van der Waals surface area contributed by atoms with Gasteiger partial charge < -0.3 is 15.3 Å². The highest BCUT2D eigenvalue weighted by Gasteiger charge is 2.01. The SMILES string of the molecule is CN/N=C(/C)CC(O)OC. The molecule has 0 amide bonds. The van der Waals surface area contributed by atoms with E-state index >= 15 is 0 Å². The lowest BCUT2D eigenvalue weighted by molar-refractivity contribution is -0.0672. The lowest BCUT2D eigenvalue weighted by atomic mass is 10.3. The van der Waals surface area contributed by atoms with Crippen molar-refractivity contribution in [2.45, 2.75) is 19.6 Å². The van der Waals surface area contributed by atoms with E-state index in [0.29, 0.717) is 6.42 Å². The minimum atomic E-state index is -0.739. The summed E-state index contributed by atoms with van der Waals surface area (Å²) in [4.78, 5) is 0. The Hall–Kier alpha value is -0.610. The summed E-state index contributed by atoms with van der Waals surface area (Å²) in [6, 6.07) is 0. The minimum Gasteiger partial charge on any atom is -0.368 e. The molecule has 0 saturated heterocycles. The van der Waals surface area contributed by atoms with Crippen molar-refractivity contribution in [2.75, 3.05) is 14.2 Å². The van der Waals surface area contributed by atoms with Gasteiger partial charge in [0.05, 0.1) is 0 Å². The molecular formula is C6H14N2O2. The molecule has 60 valence electrons. The van der Waals surface area contributed by atoms with Crippen LogP contribution in [-0.2, 0) is 4.74 Å². The van der Waals surface area contributed by atoms with E-state index < -0.39 is 6.29 Å². The van der Waals surface area contributed by atoms with Crippen LogP contribution in [0.5, 0.6) is 0 Å². The maximum Gasteiger partial charge on any atom is 0.159 e. The zero-order chi connectivity index (χ0) is 7.98. The highest BCUT2D eigenvalue weighted by Crippen LogP contribution is 1.93. The zero-order valence-corrected chi connectivity index (χ0v) is 6.59. The van der Waals surface area contributed by atoms with Crippen LogP contribution in [0.25, 0.3) is 0 Å². The Morgan fingerprint density at radius 2 is 2.40 bits per heavy atom. The molecule has 10 heavy (non-hydrogen) atoms. The number of rotatable bonds is 4. The van der Waals surface area contributed by atoms with Crippen molar-refractivity contribution < 1.29 is 9.84 Å². The molecule has 0 aliphatic rings. The van der Waals surface area contributed by atoms with Gasteiger partial charge in [-0.05, 0) is 6.92 Å². The molecule has 0 aromatic rings. The molecule has 0 aromatic heterocycles. The predicted molar refractivity (Wildman–Crippen MR) is 39.8 cm³/mol. The maximum atomic E-state index is 8.92. The molecule has 4 nitrogen and oxygen atoms in total. The quantitative estimate of drug-likeness (QED) is 0.332. The van der Waals surface area contributed by atoms with Gasteiger partial charge in [0, 0.05) is 26.3 Å². The van der Waals surface area contributed by atoms with E-state index in [-0.39, 0.29) is 0 Å². The van der Waals surface area contributed by atoms with Gasteiger partial charge in [0.15, 0.2) is 6.29 Å². The monoisotopic (exact) mass is 146 g/mol. The van der Waals surface area contributed by atoms with Gasteiger partial charge in [0.25, 0.3) is 0 Å². The van der Waals surface area contributed by atoms with Gasteiger partial charge in [-0.3, -0.25) is 0 Å². The van der Waals surface area contributed by atoms with E-state index in [1.807, 2.05) is 6.92 Å². The largest absolute Gasteiger partial charge is 0.368 e. The number of nitrogens with one attached hydrogen (secondary N) is 1. The molecule has 0 aliphatic carbocycles. The van der Waals surface area contributed by atoms with Crippen molar-refractivity contribution in [1.82, 2.24) is 5.43 Å². The number of hydrogen-bond donors (Lipinski definition) is 2. The standard InChI is InChI=1S/C6H14N2O2/c1-5(8-7-2)4-6(9)10-3/h6-7,9H,4H2,1-3H3/b8-5-. The van der Waals surface area contributed by atoms with Gasteiger partial charge in [0.1, 0.15) is 0 Å². The van der Waals surface area contributed by atoms with E-state index in [4.69, 9.17) is 5.11 Å². The molecule has 1 unspecified atom stereocenters. The lowest BCUT2D eigenvalue weighted by Crippen LogP contribution is -2.14. The maximum absolute atomic E-state index is 8.92. The van der Waals surface area contributed by atoms with Crippen molar-refractivity contribution in [3.8, 4) is 0 Å². The number of aliphatic hydroxyl groups is 1. The number of aliphatic hydroxyl groups excluding tert-OH is 1. The van der Waals surface area contributed by atoms with Crippen LogP contribution in [0.2, 0.25) is 0 Å². The summed E-state index contributed by atoms with van der Waals surface area (Å²) in [6.45, 7) is 1.82. The summed E-state index contributed by atoms with van der Waals surface area (Å²) in [5, 5.41) is 12.8. The normalized spacial score (nSPS) is 15.0. The number of nitrogens with zero attached hydrogens (tertiary/aromatic N) is 1. The first-order valence-electron chi connectivity index (χ1n) is 3.11. The first kappa shape index (κ1) is 9.39. The second-order valence-corrected chi connectivity index (χ2v) is 1.97. The summed E-state index contributed by atoms with van der Waals surface area (Å²) in [6.07, 6.45) is -0.297. The van der Waals surface area contributed by atoms with Crippen molar-refractivity contribution in [3.05, 3.63) is 0 Å². The second kappa shape index (κ2) is 5.20. The topological polar surface area (TPSA) is 53.9 Å². The average Bonchev–Trinajstić information content (AvgIpc) is 1.88. The fraction of sp³-hybridized carbons (Fsp3) is 0.833. The Morgan fingerprint density at radius 3 is 2.80 bits per heavy atom. The molecule has 1 atom stereocenters. The molecule has 0 radical (unpaired) electrons. The second-order valence-electron chi connectivity index (χ2n) is 1.97. The van der Waals surface area contributed by atoms with E-state index in [2.05, 4.69) is 15.3 Å². The van der Waals surface area contributed by atoms with Gasteiger partial charge in [0.2, 0.25) is 0 Å². The highest BCUT2D eigenvalue weighted by molar-refractivity contribution is 5.81. The third-order valence-electron chi connectivity index (χ3n) is 1.04. The molecule has 0 spiro atoms. The Labute approximate surface area is 60.9 Å². The van der Waals surface area contributed by atoms with Crippen molar-refractivity contribution in [3.63, 3.8) is 0 Å². The Balaban J connectivity index is 3.56. The molecular weight excluding hydrogens is 132 g/mol. The van der Waals surface area contributed by atoms with E-state index in [1.165, 1.54) is 7.11 Å². The third kappa shape index (κ3) is 4.29. The lowest BCUT2D eigenvalue weighted by Gasteiger charge is -2.06. The molecule has 0 bridgehead atoms. The molecule has 0 saturated carbocycles. The zero-order valence-electron chi connectivity index (χ0n) is 6.59. The van der Waals surface area contributed by atoms with Gasteiger partial charge in [-0.2, -0.15) is 5.10 Å². The van der Waals surface area contributed by atoms with Gasteiger partial charge >= 0.3 is 0 Å². The van der Waals surface area contributed by atoms with Crippen LogP contribution in [0.3, 0.4) is 0 Å². The predicted octanol–water partition coefficient (Wildman–Crippen LogP) is -0.0634. The fourth-order valence-corrected chi connectivity index (χ4v) is 0.573. The third-order valence-corrected chi connectivity index (χ3v) is 1.04. The Morgan fingerprint density at radius 1 is 1.80 bits per heavy atom. The fourth-order valence-electron chi connectivity index (χ4n) is 0.573. The van der Waals surface area contributed by atoms with E-state index in [9.17, 15) is 0 Å². The van der Waals surface area contributed by atoms with Crippen LogP contribution in [0.1, 0.15) is 13.3 Å². The molecule has 0 aliphatic heterocycles. The summed E-state index contributed by atoms with van der Waals surface area (Å²) in [5.41, 5.74) is 3.43. The van der Waals surface area contributed by atoms with Crippen LogP contribution in [-0.4, -0.2) is 31.3 Å². The summed E-state index contributed by atoms with van der Waals surface area (Å²) in [5.74, 6) is 0. The van der Waals surface area contributed by atoms with Gasteiger partial charge in [-0.1, -0.05) is 0 Å². The molecule has 0 aromatic carbocycles. The number of hydrazone groups is 1. The molecule has 0 fully saturated rings. The van der Waals surface area contributed by atoms with Crippen molar-refractivity contribution in [1.29, 1.82) is 0 Å². The van der Waals surface area contributed by atoms with Gasteiger partial charge in [-0.15, -0.1) is 0 Å². The van der Waals surface area contributed by atoms with E-state index in [0.717, 1.165) is 5.71 Å². The smallest absolute Gasteiger partial charge is 0.159 e. The molecule has 4 heteroatoms. The van der Waals surface area contributed by atoms with E-state index in [1.54, 1.807) is 7.05 Å². The summed E-state index contributed by atoms with van der Waals surface area (Å²) < 4.78 is 4.61. The Kier molecular flexibility index (Phi) is 4.88. The first-order chi connectivity index (χ1) is 4.70. The Bertz CT molecular complexity index is 114. The molecule has 2 N–H and O–H groups in total. The van der Waals surface area contributed by atoms with Crippen LogP contribution in [0.4, 0.5) is 0 Å². The summed E-state index contributed by atoms with van der Waals surface area (Å²) in [7, 11) is 3.17. The van der Waals surface area contributed by atoms with Crippen LogP contribution < -0.4 is 5.43 Å². The van der Waals surface area contributed by atoms with Crippen LogP contribution in [0.15, 0.2) is 5.10 Å². The van der Waals surface area contributed by atoms with Crippen molar-refractivity contribution in [2.24, 2.45) is 5.10 Å². The average molecular weight is 146 g/mol. The summed E-state index contributed by atoms with van der Waals surface area (Å²) >= 11 is 0. The molecule has 0 rings (SSSR count). The number of ether oxygens (including phenoxy) is 1. The number of hydrogen-bond acceptors (Lipinski definition) is 4. The minimum absolute atomic E-state index is 0.442. The van der Waals surface area contributed by atoms with Gasteiger partial charge in [-0.25, -0.2) is 0 Å². The first-order valence-corrected chi connectivity index (χ1v) is 3.11. The number of methoxy groups -OCH3 is 1. The van der Waals surface area contributed by atoms with Crippen LogP contribution >= 0.6 is 0 Å².